The maximum absolute atomic E-state index is 5.78. The molecule has 2 nitrogen and oxygen atoms in total. The van der Waals surface area contributed by atoms with Gasteiger partial charge in [0.1, 0.15) is 0 Å². The second kappa shape index (κ2) is 4.73. The van der Waals surface area contributed by atoms with Gasteiger partial charge < -0.3 is 10.1 Å². The van der Waals surface area contributed by atoms with Gasteiger partial charge in [-0.1, -0.05) is 6.92 Å². The maximum Gasteiger partial charge on any atom is 0.0703 e. The molecule has 1 unspecified atom stereocenters. The van der Waals surface area contributed by atoms with Crippen molar-refractivity contribution >= 4 is 0 Å². The van der Waals surface area contributed by atoms with E-state index in [0.29, 0.717) is 12.2 Å². The van der Waals surface area contributed by atoms with Crippen molar-refractivity contribution in [2.45, 2.75) is 45.3 Å². The van der Waals surface area contributed by atoms with Crippen molar-refractivity contribution in [1.29, 1.82) is 0 Å². The smallest absolute Gasteiger partial charge is 0.0703 e. The molecule has 0 aliphatic carbocycles. The molecular formula is C9H19NO. The Morgan fingerprint density at radius 2 is 2.45 bits per heavy atom. The van der Waals surface area contributed by atoms with Crippen LogP contribution in [0.5, 0.6) is 0 Å². The Bertz CT molecular complexity index is 99.7. The molecule has 0 aromatic carbocycles. The van der Waals surface area contributed by atoms with E-state index >= 15 is 0 Å². The average Bonchev–Trinajstić information content (AvgIpc) is 2.06. The molecule has 66 valence electrons. The highest BCUT2D eigenvalue weighted by Gasteiger charge is 2.14. The van der Waals surface area contributed by atoms with Crippen molar-refractivity contribution < 1.29 is 4.74 Å². The number of nitrogens with one attached hydrogen (secondary N) is 1. The Labute approximate surface area is 69.3 Å². The van der Waals surface area contributed by atoms with Crippen molar-refractivity contribution in [3.8, 4) is 0 Å². The molecule has 1 N–H and O–H groups in total. The molecule has 1 aliphatic heterocycles. The molecule has 0 amide bonds. The van der Waals surface area contributed by atoms with E-state index in [0.717, 1.165) is 13.0 Å². The third-order valence-corrected chi connectivity index (χ3v) is 2.25. The van der Waals surface area contributed by atoms with E-state index in [9.17, 15) is 0 Å². The van der Waals surface area contributed by atoms with Crippen LogP contribution in [0, 0.1) is 0 Å². The fourth-order valence-corrected chi connectivity index (χ4v) is 1.36. The van der Waals surface area contributed by atoms with E-state index in [1.165, 1.54) is 19.4 Å². The van der Waals surface area contributed by atoms with E-state index in [-0.39, 0.29) is 0 Å². The zero-order valence-electron chi connectivity index (χ0n) is 7.60. The third-order valence-electron chi connectivity index (χ3n) is 2.25. The normalized spacial score (nSPS) is 28.4. The fraction of sp³-hybridized carbons (Fsp3) is 1.00. The largest absolute Gasteiger partial charge is 0.374 e. The Morgan fingerprint density at radius 3 is 3.00 bits per heavy atom. The lowest BCUT2D eigenvalue weighted by Crippen LogP contribution is -2.37. The topological polar surface area (TPSA) is 21.3 Å². The van der Waals surface area contributed by atoms with Gasteiger partial charge >= 0.3 is 0 Å². The first-order chi connectivity index (χ1) is 5.33. The number of ether oxygens (including phenoxy) is 1. The van der Waals surface area contributed by atoms with Crippen molar-refractivity contribution in [3.05, 3.63) is 0 Å². The summed E-state index contributed by atoms with van der Waals surface area (Å²) in [4.78, 5) is 0. The van der Waals surface area contributed by atoms with E-state index in [1.54, 1.807) is 0 Å². The van der Waals surface area contributed by atoms with Gasteiger partial charge in [-0.15, -0.1) is 0 Å². The summed E-state index contributed by atoms with van der Waals surface area (Å²) >= 11 is 0. The maximum atomic E-state index is 5.78. The average molecular weight is 157 g/mol. The van der Waals surface area contributed by atoms with Crippen LogP contribution in [-0.4, -0.2) is 25.3 Å². The molecule has 1 fully saturated rings. The first kappa shape index (κ1) is 9.01. The highest BCUT2D eigenvalue weighted by Crippen LogP contribution is 2.09. The first-order valence-corrected chi connectivity index (χ1v) is 4.69. The summed E-state index contributed by atoms with van der Waals surface area (Å²) in [6, 6.07) is 0. The second-order valence-corrected chi connectivity index (χ2v) is 3.32. The van der Waals surface area contributed by atoms with Crippen LogP contribution in [0.2, 0.25) is 0 Å². The Morgan fingerprint density at radius 1 is 1.64 bits per heavy atom. The van der Waals surface area contributed by atoms with Gasteiger partial charge in [0, 0.05) is 6.54 Å². The molecule has 1 saturated heterocycles. The number of piperidine rings is 1. The lowest BCUT2D eigenvalue weighted by atomic mass is 10.1. The van der Waals surface area contributed by atoms with E-state index in [1.807, 2.05) is 0 Å². The standard InChI is InChI=1S/C9H19NO/c1-3-8(2)11-9-5-4-6-10-7-9/h8-10H,3-7H2,1-2H3/t8?,9-/m0/s1. The van der Waals surface area contributed by atoms with Gasteiger partial charge in [0.15, 0.2) is 0 Å². The summed E-state index contributed by atoms with van der Waals surface area (Å²) in [5.74, 6) is 0. The van der Waals surface area contributed by atoms with Gasteiger partial charge in [-0.25, -0.2) is 0 Å². The van der Waals surface area contributed by atoms with Crippen molar-refractivity contribution in [2.75, 3.05) is 13.1 Å². The number of rotatable bonds is 3. The van der Waals surface area contributed by atoms with Crippen LogP contribution >= 0.6 is 0 Å². The number of hydrogen-bond acceptors (Lipinski definition) is 2. The molecule has 2 atom stereocenters. The predicted molar refractivity (Wildman–Crippen MR) is 46.7 cm³/mol. The second-order valence-electron chi connectivity index (χ2n) is 3.32. The van der Waals surface area contributed by atoms with E-state index < -0.39 is 0 Å². The minimum atomic E-state index is 0.430. The molecule has 11 heavy (non-hydrogen) atoms. The quantitative estimate of drug-likeness (QED) is 0.671. The zero-order valence-corrected chi connectivity index (χ0v) is 7.60. The SMILES string of the molecule is CCC(C)O[C@H]1CCCNC1. The molecule has 0 radical (unpaired) electrons. The summed E-state index contributed by atoms with van der Waals surface area (Å²) in [7, 11) is 0. The van der Waals surface area contributed by atoms with E-state index in [4.69, 9.17) is 4.74 Å². The molecule has 1 aliphatic rings. The predicted octanol–water partition coefficient (Wildman–Crippen LogP) is 1.55. The lowest BCUT2D eigenvalue weighted by Gasteiger charge is -2.25. The molecule has 2 heteroatoms. The van der Waals surface area contributed by atoms with Gasteiger partial charge in [-0.05, 0) is 32.7 Å². The van der Waals surface area contributed by atoms with Crippen LogP contribution < -0.4 is 5.32 Å². The summed E-state index contributed by atoms with van der Waals surface area (Å²) in [6.07, 6.45) is 4.52. The fourth-order valence-electron chi connectivity index (χ4n) is 1.36. The summed E-state index contributed by atoms with van der Waals surface area (Å²) in [5.41, 5.74) is 0. The lowest BCUT2D eigenvalue weighted by molar-refractivity contribution is -0.0149. The van der Waals surface area contributed by atoms with Crippen LogP contribution in [-0.2, 0) is 4.74 Å². The summed E-state index contributed by atoms with van der Waals surface area (Å²) in [5, 5.41) is 3.34. The highest BCUT2D eigenvalue weighted by atomic mass is 16.5. The van der Waals surface area contributed by atoms with Gasteiger partial charge in [0.25, 0.3) is 0 Å². The minimum absolute atomic E-state index is 0.430. The summed E-state index contributed by atoms with van der Waals surface area (Å²) < 4.78 is 5.78. The van der Waals surface area contributed by atoms with Crippen LogP contribution in [0.25, 0.3) is 0 Å². The van der Waals surface area contributed by atoms with Crippen molar-refractivity contribution in [1.82, 2.24) is 5.32 Å². The van der Waals surface area contributed by atoms with E-state index in [2.05, 4.69) is 19.2 Å². The summed E-state index contributed by atoms with van der Waals surface area (Å²) in [6.45, 7) is 6.53. The zero-order chi connectivity index (χ0) is 8.10. The van der Waals surface area contributed by atoms with Crippen LogP contribution in [0.1, 0.15) is 33.1 Å². The van der Waals surface area contributed by atoms with Crippen LogP contribution in [0.4, 0.5) is 0 Å². The molecule has 0 aromatic rings. The molecule has 0 spiro atoms. The molecule has 0 saturated carbocycles. The highest BCUT2D eigenvalue weighted by molar-refractivity contribution is 4.69. The van der Waals surface area contributed by atoms with Gasteiger partial charge in [0.2, 0.25) is 0 Å². The molecule has 1 heterocycles. The Hall–Kier alpha value is -0.0800. The van der Waals surface area contributed by atoms with Gasteiger partial charge in [-0.2, -0.15) is 0 Å². The Balaban J connectivity index is 2.13. The first-order valence-electron chi connectivity index (χ1n) is 4.69. The molecule has 0 bridgehead atoms. The molecule has 1 rings (SSSR count). The molecule has 0 aromatic heterocycles. The van der Waals surface area contributed by atoms with Crippen LogP contribution in [0.3, 0.4) is 0 Å². The third kappa shape index (κ3) is 3.21. The van der Waals surface area contributed by atoms with Gasteiger partial charge in [-0.3, -0.25) is 0 Å². The van der Waals surface area contributed by atoms with Crippen molar-refractivity contribution in [2.24, 2.45) is 0 Å². The monoisotopic (exact) mass is 157 g/mol. The van der Waals surface area contributed by atoms with Crippen LogP contribution in [0.15, 0.2) is 0 Å². The number of hydrogen-bond donors (Lipinski definition) is 1. The minimum Gasteiger partial charge on any atom is -0.374 e. The van der Waals surface area contributed by atoms with Gasteiger partial charge in [0.05, 0.1) is 12.2 Å². The molecular weight excluding hydrogens is 138 g/mol. The van der Waals surface area contributed by atoms with Crippen molar-refractivity contribution in [3.63, 3.8) is 0 Å². The Kier molecular flexibility index (Phi) is 3.87.